The highest BCUT2D eigenvalue weighted by Gasteiger charge is 1.96. The van der Waals surface area contributed by atoms with Gasteiger partial charge in [-0.3, -0.25) is 4.99 Å². The number of hydrogen-bond donors (Lipinski definition) is 2. The summed E-state index contributed by atoms with van der Waals surface area (Å²) in [5.74, 6) is 0.909. The number of hydrogen-bond acceptors (Lipinski definition) is 4. The van der Waals surface area contributed by atoms with Crippen LogP contribution in [-0.2, 0) is 6.54 Å². The van der Waals surface area contributed by atoms with Gasteiger partial charge in [0.2, 0.25) is 6.39 Å². The summed E-state index contributed by atoms with van der Waals surface area (Å²) in [5, 5.41) is 6.34. The summed E-state index contributed by atoms with van der Waals surface area (Å²) in [7, 11) is 1.60. The molecular formula is C5H9N5O. The number of guanidine groups is 1. The predicted octanol–water partition coefficient (Wildman–Crippen LogP) is -0.896. The predicted molar refractivity (Wildman–Crippen MR) is 38.7 cm³/mol. The highest BCUT2D eigenvalue weighted by atomic mass is 16.5. The first-order chi connectivity index (χ1) is 5.33. The Kier molecular flexibility index (Phi) is 2.42. The van der Waals surface area contributed by atoms with Crippen molar-refractivity contribution >= 4 is 5.96 Å². The number of nitrogens with zero attached hydrogens (tertiary/aromatic N) is 3. The molecule has 0 aliphatic rings. The van der Waals surface area contributed by atoms with E-state index in [2.05, 4.69) is 25.0 Å². The highest BCUT2D eigenvalue weighted by molar-refractivity contribution is 5.77. The van der Waals surface area contributed by atoms with E-state index in [9.17, 15) is 0 Å². The third-order valence-electron chi connectivity index (χ3n) is 1.08. The Bertz CT molecular complexity index is 229. The van der Waals surface area contributed by atoms with Crippen molar-refractivity contribution in [3.63, 3.8) is 0 Å². The zero-order valence-electron chi connectivity index (χ0n) is 6.11. The summed E-state index contributed by atoms with van der Waals surface area (Å²) in [6, 6.07) is 0. The monoisotopic (exact) mass is 155 g/mol. The molecule has 11 heavy (non-hydrogen) atoms. The molecule has 0 fully saturated rings. The van der Waals surface area contributed by atoms with Gasteiger partial charge in [0, 0.05) is 7.05 Å². The standard InChI is InChI=1S/C5H9N5O/c1-7-5(6)8-2-4-9-3-11-10-4/h3H,2H2,1H3,(H3,6,7,8). The first-order valence-electron chi connectivity index (χ1n) is 3.04. The molecule has 6 heteroatoms. The Labute approximate surface area is 63.5 Å². The largest absolute Gasteiger partial charge is 0.370 e. The first kappa shape index (κ1) is 7.52. The summed E-state index contributed by atoms with van der Waals surface area (Å²) in [6.45, 7) is 0.430. The number of nitrogens with one attached hydrogen (secondary N) is 1. The summed E-state index contributed by atoms with van der Waals surface area (Å²) in [5.41, 5.74) is 5.34. The zero-order valence-corrected chi connectivity index (χ0v) is 6.11. The quantitative estimate of drug-likeness (QED) is 0.427. The molecule has 1 aromatic heterocycles. The highest BCUT2D eigenvalue weighted by Crippen LogP contribution is 1.85. The molecule has 1 heterocycles. The van der Waals surface area contributed by atoms with E-state index in [1.165, 1.54) is 6.39 Å². The number of nitrogens with two attached hydrogens (primary N) is 1. The van der Waals surface area contributed by atoms with Gasteiger partial charge in [0.25, 0.3) is 0 Å². The molecule has 0 spiro atoms. The maximum atomic E-state index is 5.34. The Hall–Kier alpha value is -1.59. The molecule has 60 valence electrons. The SMILES string of the molecule is CN=C(N)NCc1ncon1. The molecule has 0 radical (unpaired) electrons. The first-order valence-corrected chi connectivity index (χ1v) is 3.04. The number of aliphatic imine (C=N–C) groups is 1. The van der Waals surface area contributed by atoms with Gasteiger partial charge in [-0.2, -0.15) is 4.98 Å². The van der Waals surface area contributed by atoms with E-state index >= 15 is 0 Å². The molecule has 1 aromatic rings. The van der Waals surface area contributed by atoms with E-state index in [0.29, 0.717) is 18.3 Å². The second kappa shape index (κ2) is 3.55. The third-order valence-corrected chi connectivity index (χ3v) is 1.08. The van der Waals surface area contributed by atoms with Crippen LogP contribution < -0.4 is 11.1 Å². The maximum Gasteiger partial charge on any atom is 0.213 e. The van der Waals surface area contributed by atoms with Gasteiger partial charge < -0.3 is 15.6 Å². The van der Waals surface area contributed by atoms with Crippen molar-refractivity contribution in [2.24, 2.45) is 10.7 Å². The lowest BCUT2D eigenvalue weighted by molar-refractivity contribution is 0.409. The van der Waals surface area contributed by atoms with Gasteiger partial charge in [-0.1, -0.05) is 5.16 Å². The third kappa shape index (κ3) is 2.24. The fourth-order valence-electron chi connectivity index (χ4n) is 0.519. The average Bonchev–Trinajstić information content (AvgIpc) is 2.52. The van der Waals surface area contributed by atoms with Crippen LogP contribution in [0, 0.1) is 0 Å². The van der Waals surface area contributed by atoms with E-state index in [-0.39, 0.29) is 0 Å². The molecule has 0 bridgehead atoms. The summed E-state index contributed by atoms with van der Waals surface area (Å²) in [4.78, 5) is 7.46. The number of rotatable bonds is 2. The molecule has 0 aliphatic heterocycles. The van der Waals surface area contributed by atoms with Crippen LogP contribution in [0.5, 0.6) is 0 Å². The van der Waals surface area contributed by atoms with Crippen LogP contribution in [0.15, 0.2) is 15.9 Å². The van der Waals surface area contributed by atoms with Crippen LogP contribution in [-0.4, -0.2) is 23.1 Å². The van der Waals surface area contributed by atoms with Crippen LogP contribution in [0.4, 0.5) is 0 Å². The number of aromatic nitrogens is 2. The fourth-order valence-corrected chi connectivity index (χ4v) is 0.519. The normalized spacial score (nSPS) is 11.5. The second-order valence-corrected chi connectivity index (χ2v) is 1.81. The summed E-state index contributed by atoms with van der Waals surface area (Å²) >= 11 is 0. The van der Waals surface area contributed by atoms with Gasteiger partial charge >= 0.3 is 0 Å². The minimum atomic E-state index is 0.356. The molecule has 3 N–H and O–H groups in total. The zero-order chi connectivity index (χ0) is 8.10. The lowest BCUT2D eigenvalue weighted by Gasteiger charge is -1.98. The van der Waals surface area contributed by atoms with Crippen molar-refractivity contribution < 1.29 is 4.52 Å². The Morgan fingerprint density at radius 1 is 1.91 bits per heavy atom. The van der Waals surface area contributed by atoms with Gasteiger partial charge in [0.05, 0.1) is 6.54 Å². The molecule has 0 aliphatic carbocycles. The van der Waals surface area contributed by atoms with E-state index in [4.69, 9.17) is 5.73 Å². The topological polar surface area (TPSA) is 89.3 Å². The molecular weight excluding hydrogens is 146 g/mol. The van der Waals surface area contributed by atoms with Crippen LogP contribution >= 0.6 is 0 Å². The molecule has 0 amide bonds. The maximum absolute atomic E-state index is 5.34. The van der Waals surface area contributed by atoms with Crippen molar-refractivity contribution in [1.82, 2.24) is 15.5 Å². The minimum absolute atomic E-state index is 0.356. The van der Waals surface area contributed by atoms with Crippen LogP contribution in [0.2, 0.25) is 0 Å². The van der Waals surface area contributed by atoms with E-state index < -0.39 is 0 Å². The van der Waals surface area contributed by atoms with Gasteiger partial charge in [-0.25, -0.2) is 0 Å². The van der Waals surface area contributed by atoms with Crippen LogP contribution in [0.25, 0.3) is 0 Å². The molecule has 1 rings (SSSR count). The van der Waals surface area contributed by atoms with Crippen molar-refractivity contribution in [2.45, 2.75) is 6.54 Å². The summed E-state index contributed by atoms with van der Waals surface area (Å²) < 4.78 is 4.50. The smallest absolute Gasteiger partial charge is 0.213 e. The fraction of sp³-hybridized carbons (Fsp3) is 0.400. The summed E-state index contributed by atoms with van der Waals surface area (Å²) in [6.07, 6.45) is 1.26. The van der Waals surface area contributed by atoms with Crippen LogP contribution in [0.3, 0.4) is 0 Å². The minimum Gasteiger partial charge on any atom is -0.370 e. The van der Waals surface area contributed by atoms with Crippen molar-refractivity contribution in [3.05, 3.63) is 12.2 Å². The van der Waals surface area contributed by atoms with Crippen LogP contribution in [0.1, 0.15) is 5.82 Å². The Morgan fingerprint density at radius 3 is 3.27 bits per heavy atom. The molecule has 0 aromatic carbocycles. The van der Waals surface area contributed by atoms with Crippen molar-refractivity contribution in [2.75, 3.05) is 7.05 Å². The average molecular weight is 155 g/mol. The second-order valence-electron chi connectivity index (χ2n) is 1.81. The molecule has 0 unspecified atom stereocenters. The van der Waals surface area contributed by atoms with E-state index in [1.807, 2.05) is 0 Å². The molecule has 0 atom stereocenters. The molecule has 0 saturated heterocycles. The molecule has 6 nitrogen and oxygen atoms in total. The van der Waals surface area contributed by atoms with E-state index in [1.54, 1.807) is 7.05 Å². The van der Waals surface area contributed by atoms with Crippen molar-refractivity contribution in [3.8, 4) is 0 Å². The Morgan fingerprint density at radius 2 is 2.73 bits per heavy atom. The van der Waals surface area contributed by atoms with Crippen molar-refractivity contribution in [1.29, 1.82) is 0 Å². The lowest BCUT2D eigenvalue weighted by Crippen LogP contribution is -2.31. The van der Waals surface area contributed by atoms with E-state index in [0.717, 1.165) is 0 Å². The molecule has 0 saturated carbocycles. The lowest BCUT2D eigenvalue weighted by atomic mass is 10.6. The van der Waals surface area contributed by atoms with Gasteiger partial charge in [0.15, 0.2) is 11.8 Å². The van der Waals surface area contributed by atoms with Gasteiger partial charge in [-0.15, -0.1) is 0 Å². The Balaban J connectivity index is 2.35. The van der Waals surface area contributed by atoms with Gasteiger partial charge in [0.1, 0.15) is 0 Å². The van der Waals surface area contributed by atoms with Gasteiger partial charge in [-0.05, 0) is 0 Å².